The van der Waals surface area contributed by atoms with Gasteiger partial charge in [-0.1, -0.05) is 6.92 Å². The van der Waals surface area contributed by atoms with Crippen LogP contribution < -0.4 is 0 Å². The van der Waals surface area contributed by atoms with Gasteiger partial charge in [0.25, 0.3) is 0 Å². The van der Waals surface area contributed by atoms with Crippen molar-refractivity contribution in [2.24, 2.45) is 0 Å². The molecule has 0 radical (unpaired) electrons. The first-order chi connectivity index (χ1) is 13.8. The lowest BCUT2D eigenvalue weighted by Crippen LogP contribution is -2.12. The second kappa shape index (κ2) is 7.34. The summed E-state index contributed by atoms with van der Waals surface area (Å²) in [5.74, 6) is -0.907. The summed E-state index contributed by atoms with van der Waals surface area (Å²) in [5, 5.41) is 3.90. The van der Waals surface area contributed by atoms with Crippen LogP contribution in [-0.2, 0) is 22.2 Å². The second-order valence-corrected chi connectivity index (χ2v) is 8.13. The van der Waals surface area contributed by atoms with Crippen molar-refractivity contribution in [2.45, 2.75) is 24.2 Å². The number of alkyl halides is 6. The van der Waals surface area contributed by atoms with E-state index in [1.807, 2.05) is 0 Å². The number of pyridine rings is 2. The van der Waals surface area contributed by atoms with Crippen LogP contribution in [0.2, 0.25) is 0 Å². The SMILES string of the molecule is CCS(=O)(=O)c1cc(C(F)(F)F)cnc1-c1ncn(-c2ccc(C(F)(F)F)cn2)n1. The predicted molar refractivity (Wildman–Crippen MR) is 90.1 cm³/mol. The topological polar surface area (TPSA) is 90.6 Å². The maximum atomic E-state index is 13.0. The number of aromatic nitrogens is 5. The quantitative estimate of drug-likeness (QED) is 0.564. The average Bonchev–Trinajstić information content (AvgIpc) is 3.16. The molecule has 0 amide bonds. The lowest BCUT2D eigenvalue weighted by molar-refractivity contribution is -0.138. The highest BCUT2D eigenvalue weighted by atomic mass is 32.2. The van der Waals surface area contributed by atoms with E-state index in [-0.39, 0.29) is 11.6 Å². The molecule has 160 valence electrons. The minimum atomic E-state index is -4.82. The first kappa shape index (κ1) is 21.7. The van der Waals surface area contributed by atoms with Crippen molar-refractivity contribution < 1.29 is 34.8 Å². The van der Waals surface area contributed by atoms with E-state index in [9.17, 15) is 34.8 Å². The van der Waals surface area contributed by atoms with Crippen LogP contribution in [0.5, 0.6) is 0 Å². The number of halogens is 6. The fourth-order valence-electron chi connectivity index (χ4n) is 2.33. The Morgan fingerprint density at radius 3 is 2.10 bits per heavy atom. The summed E-state index contributed by atoms with van der Waals surface area (Å²) < 4.78 is 102. The zero-order chi connectivity index (χ0) is 22.3. The Bertz CT molecular complexity index is 1170. The zero-order valence-corrected chi connectivity index (χ0v) is 15.7. The third-order valence-electron chi connectivity index (χ3n) is 3.91. The van der Waals surface area contributed by atoms with Gasteiger partial charge in [0.2, 0.25) is 5.82 Å². The highest BCUT2D eigenvalue weighted by Gasteiger charge is 2.34. The van der Waals surface area contributed by atoms with Crippen LogP contribution >= 0.6 is 0 Å². The van der Waals surface area contributed by atoms with E-state index in [1.165, 1.54) is 6.92 Å². The van der Waals surface area contributed by atoms with Crippen LogP contribution in [0.3, 0.4) is 0 Å². The van der Waals surface area contributed by atoms with E-state index >= 15 is 0 Å². The van der Waals surface area contributed by atoms with Crippen molar-refractivity contribution in [1.82, 2.24) is 24.7 Å². The highest BCUT2D eigenvalue weighted by Crippen LogP contribution is 2.33. The Balaban J connectivity index is 2.06. The Labute approximate surface area is 165 Å². The lowest BCUT2D eigenvalue weighted by Gasteiger charge is -2.11. The molecule has 0 aliphatic carbocycles. The predicted octanol–water partition coefficient (Wildman–Crippen LogP) is 3.56. The maximum absolute atomic E-state index is 13.0. The van der Waals surface area contributed by atoms with Crippen molar-refractivity contribution in [3.8, 4) is 17.3 Å². The third kappa shape index (κ3) is 4.27. The van der Waals surface area contributed by atoms with Gasteiger partial charge < -0.3 is 0 Å². The van der Waals surface area contributed by atoms with Crippen LogP contribution in [0.15, 0.2) is 41.8 Å². The van der Waals surface area contributed by atoms with Gasteiger partial charge in [-0.05, 0) is 18.2 Å². The van der Waals surface area contributed by atoms with Gasteiger partial charge in [0.15, 0.2) is 15.7 Å². The summed E-state index contributed by atoms with van der Waals surface area (Å²) in [5.41, 5.74) is -2.68. The third-order valence-corrected chi connectivity index (χ3v) is 5.65. The molecule has 0 fully saturated rings. The first-order valence-corrected chi connectivity index (χ1v) is 9.74. The summed E-state index contributed by atoms with van der Waals surface area (Å²) in [6.07, 6.45) is -7.37. The summed E-state index contributed by atoms with van der Waals surface area (Å²) in [6.45, 7) is 1.25. The molecule has 0 bridgehead atoms. The van der Waals surface area contributed by atoms with Crippen LogP contribution in [-0.4, -0.2) is 38.9 Å². The van der Waals surface area contributed by atoms with E-state index in [2.05, 4.69) is 20.1 Å². The summed E-state index contributed by atoms with van der Waals surface area (Å²) in [7, 11) is -4.13. The molecule has 3 rings (SSSR count). The molecule has 3 heterocycles. The molecule has 3 aromatic heterocycles. The van der Waals surface area contributed by atoms with Gasteiger partial charge in [0.05, 0.1) is 21.8 Å². The Kier molecular flexibility index (Phi) is 5.30. The Morgan fingerprint density at radius 2 is 1.57 bits per heavy atom. The standard InChI is InChI=1S/C16H11F6N5O2S/c1-2-30(28,29)11-5-10(16(20,21)22)7-24-13(11)14-25-8-27(26-14)12-4-3-9(6-23-12)15(17,18)19/h3-8H,2H2,1H3. The van der Waals surface area contributed by atoms with Crippen LogP contribution in [0, 0.1) is 0 Å². The summed E-state index contributed by atoms with van der Waals surface area (Å²) >= 11 is 0. The fraction of sp³-hybridized carbons (Fsp3) is 0.250. The number of hydrogen-bond acceptors (Lipinski definition) is 6. The van der Waals surface area contributed by atoms with Crippen molar-refractivity contribution in [3.63, 3.8) is 0 Å². The number of nitrogens with zero attached hydrogens (tertiary/aromatic N) is 5. The monoisotopic (exact) mass is 451 g/mol. The molecular formula is C16H11F6N5O2S. The van der Waals surface area contributed by atoms with Gasteiger partial charge in [-0.2, -0.15) is 26.3 Å². The molecule has 0 aromatic carbocycles. The first-order valence-electron chi connectivity index (χ1n) is 8.08. The molecule has 0 N–H and O–H groups in total. The van der Waals surface area contributed by atoms with E-state index in [0.717, 1.165) is 23.1 Å². The molecule has 0 aliphatic heterocycles. The maximum Gasteiger partial charge on any atom is 0.417 e. The normalized spacial score (nSPS) is 12.9. The molecule has 30 heavy (non-hydrogen) atoms. The minimum absolute atomic E-state index is 0.0754. The molecule has 0 unspecified atom stereocenters. The van der Waals surface area contributed by atoms with Gasteiger partial charge in [-0.3, -0.25) is 4.98 Å². The van der Waals surface area contributed by atoms with Crippen molar-refractivity contribution >= 4 is 9.84 Å². The van der Waals surface area contributed by atoms with Gasteiger partial charge in [-0.25, -0.2) is 23.1 Å². The molecule has 0 saturated carbocycles. The van der Waals surface area contributed by atoms with Gasteiger partial charge >= 0.3 is 12.4 Å². The van der Waals surface area contributed by atoms with Crippen LogP contribution in [0.4, 0.5) is 26.3 Å². The zero-order valence-electron chi connectivity index (χ0n) is 14.9. The molecule has 0 aliphatic rings. The largest absolute Gasteiger partial charge is 0.417 e. The summed E-state index contributed by atoms with van der Waals surface area (Å²) in [4.78, 5) is 10.3. The molecule has 0 saturated heterocycles. The molecule has 7 nitrogen and oxygen atoms in total. The van der Waals surface area contributed by atoms with Gasteiger partial charge in [-0.15, -0.1) is 5.10 Å². The number of sulfone groups is 1. The van der Waals surface area contributed by atoms with Crippen molar-refractivity contribution in [1.29, 1.82) is 0 Å². The van der Waals surface area contributed by atoms with Gasteiger partial charge in [0.1, 0.15) is 12.0 Å². The molecule has 14 heteroatoms. The van der Waals surface area contributed by atoms with E-state index in [0.29, 0.717) is 18.5 Å². The van der Waals surface area contributed by atoms with Crippen LogP contribution in [0.1, 0.15) is 18.1 Å². The molecule has 0 atom stereocenters. The Morgan fingerprint density at radius 1 is 0.933 bits per heavy atom. The molecule has 0 spiro atoms. The summed E-state index contributed by atoms with van der Waals surface area (Å²) in [6, 6.07) is 2.20. The number of rotatable bonds is 4. The minimum Gasteiger partial charge on any atom is -0.251 e. The number of hydrogen-bond donors (Lipinski definition) is 0. The highest BCUT2D eigenvalue weighted by molar-refractivity contribution is 7.91. The lowest BCUT2D eigenvalue weighted by atomic mass is 10.2. The van der Waals surface area contributed by atoms with E-state index in [1.54, 1.807) is 0 Å². The molecular weight excluding hydrogens is 440 g/mol. The smallest absolute Gasteiger partial charge is 0.251 e. The average molecular weight is 451 g/mol. The fourth-order valence-corrected chi connectivity index (χ4v) is 3.39. The van der Waals surface area contributed by atoms with Crippen molar-refractivity contribution in [2.75, 3.05) is 5.75 Å². The van der Waals surface area contributed by atoms with Gasteiger partial charge in [0, 0.05) is 12.4 Å². The van der Waals surface area contributed by atoms with E-state index < -0.39 is 49.7 Å². The van der Waals surface area contributed by atoms with Crippen molar-refractivity contribution in [3.05, 3.63) is 48.0 Å². The second-order valence-electron chi connectivity index (χ2n) is 5.89. The molecule has 3 aromatic rings. The Hall–Kier alpha value is -3.03. The van der Waals surface area contributed by atoms with Crippen LogP contribution in [0.25, 0.3) is 17.3 Å². The van der Waals surface area contributed by atoms with E-state index in [4.69, 9.17) is 0 Å².